The van der Waals surface area contributed by atoms with Crippen LogP contribution in [-0.2, 0) is 20.0 Å². The van der Waals surface area contributed by atoms with Gasteiger partial charge >= 0.3 is 0 Å². The summed E-state index contributed by atoms with van der Waals surface area (Å²) >= 11 is 0. The predicted molar refractivity (Wildman–Crippen MR) is 72.0 cm³/mol. The number of carbonyl (C=O) groups is 1. The molecule has 0 saturated carbocycles. The summed E-state index contributed by atoms with van der Waals surface area (Å²) in [6.07, 6.45) is 5.66. The summed E-state index contributed by atoms with van der Waals surface area (Å²) in [6, 6.07) is 4.02. The number of hydrogen-bond donors (Lipinski definition) is 1. The van der Waals surface area contributed by atoms with Crippen LogP contribution < -0.4 is 5.32 Å². The maximum absolute atomic E-state index is 12.2. The van der Waals surface area contributed by atoms with Gasteiger partial charge < -0.3 is 14.5 Å². The number of carbonyl (C=O) groups excluding carboxylic acids is 1. The van der Waals surface area contributed by atoms with Gasteiger partial charge in [-0.2, -0.15) is 0 Å². The normalized spacial score (nSPS) is 18.1. The van der Waals surface area contributed by atoms with Crippen LogP contribution in [0.3, 0.4) is 0 Å². The van der Waals surface area contributed by atoms with E-state index >= 15 is 0 Å². The lowest BCUT2D eigenvalue weighted by Crippen LogP contribution is -2.41. The zero-order valence-corrected chi connectivity index (χ0v) is 11.3. The third-order valence-electron chi connectivity index (χ3n) is 3.88. The van der Waals surface area contributed by atoms with Gasteiger partial charge in [-0.1, -0.05) is 0 Å². The summed E-state index contributed by atoms with van der Waals surface area (Å²) in [5, 5.41) is 3.11. The number of aromatic nitrogens is 3. The molecule has 1 aliphatic heterocycles. The summed E-state index contributed by atoms with van der Waals surface area (Å²) in [4.78, 5) is 16.5. The smallest absolute Gasteiger partial charge is 0.268 e. The molecule has 1 aliphatic rings. The first kappa shape index (κ1) is 12.0. The van der Waals surface area contributed by atoms with Crippen molar-refractivity contribution in [2.75, 3.05) is 0 Å². The lowest BCUT2D eigenvalue weighted by molar-refractivity contribution is 0.0919. The Morgan fingerprint density at radius 2 is 2.32 bits per heavy atom. The van der Waals surface area contributed by atoms with E-state index in [-0.39, 0.29) is 11.9 Å². The molecule has 1 unspecified atom stereocenters. The molecule has 5 nitrogen and oxygen atoms in total. The van der Waals surface area contributed by atoms with Crippen molar-refractivity contribution in [3.05, 3.63) is 41.7 Å². The zero-order chi connectivity index (χ0) is 13.4. The summed E-state index contributed by atoms with van der Waals surface area (Å²) in [5.41, 5.74) is 1.81. The highest BCUT2D eigenvalue weighted by molar-refractivity contribution is 5.93. The molecular formula is C14H18N4O. The lowest BCUT2D eigenvalue weighted by atomic mass is 10.1. The van der Waals surface area contributed by atoms with Gasteiger partial charge in [-0.05, 0) is 25.5 Å². The molecular weight excluding hydrogens is 240 g/mol. The highest BCUT2D eigenvalue weighted by Gasteiger charge is 2.21. The Bertz CT molecular complexity index is 611. The van der Waals surface area contributed by atoms with Crippen molar-refractivity contribution in [3.8, 4) is 0 Å². The summed E-state index contributed by atoms with van der Waals surface area (Å²) in [5.74, 6) is 1.12. The van der Waals surface area contributed by atoms with Crippen molar-refractivity contribution in [2.24, 2.45) is 7.05 Å². The highest BCUT2D eigenvalue weighted by atomic mass is 16.2. The molecule has 0 bridgehead atoms. The van der Waals surface area contributed by atoms with E-state index in [1.165, 1.54) is 0 Å². The summed E-state index contributed by atoms with van der Waals surface area (Å²) < 4.78 is 4.03. The topological polar surface area (TPSA) is 51.9 Å². The number of nitrogens with zero attached hydrogens (tertiary/aromatic N) is 3. The molecule has 19 heavy (non-hydrogen) atoms. The Balaban J connectivity index is 1.70. The second kappa shape index (κ2) is 4.57. The molecule has 2 aromatic heterocycles. The van der Waals surface area contributed by atoms with Crippen LogP contribution in [0.4, 0.5) is 0 Å². The monoisotopic (exact) mass is 258 g/mol. The molecule has 0 aromatic carbocycles. The van der Waals surface area contributed by atoms with Gasteiger partial charge in [0.1, 0.15) is 11.5 Å². The Labute approximate surface area is 112 Å². The van der Waals surface area contributed by atoms with Crippen molar-refractivity contribution in [1.82, 2.24) is 19.4 Å². The van der Waals surface area contributed by atoms with E-state index in [1.807, 2.05) is 43.1 Å². The SMILES string of the molecule is Cc1ccc(C(=O)NC2CCc3nccn3C2)n1C. The molecule has 0 spiro atoms. The van der Waals surface area contributed by atoms with E-state index in [9.17, 15) is 4.79 Å². The molecule has 3 heterocycles. The molecule has 1 atom stereocenters. The van der Waals surface area contributed by atoms with Crippen molar-refractivity contribution >= 4 is 5.91 Å². The van der Waals surface area contributed by atoms with E-state index in [2.05, 4.69) is 14.9 Å². The number of hydrogen-bond acceptors (Lipinski definition) is 2. The van der Waals surface area contributed by atoms with Gasteiger partial charge in [0.05, 0.1) is 0 Å². The van der Waals surface area contributed by atoms with E-state index < -0.39 is 0 Å². The average molecular weight is 258 g/mol. The van der Waals surface area contributed by atoms with Crippen molar-refractivity contribution < 1.29 is 4.79 Å². The summed E-state index contributed by atoms with van der Waals surface area (Å²) in [6.45, 7) is 2.81. The van der Waals surface area contributed by atoms with Gasteiger partial charge in [0.2, 0.25) is 0 Å². The Morgan fingerprint density at radius 1 is 1.47 bits per heavy atom. The minimum absolute atomic E-state index is 0.00386. The molecule has 1 amide bonds. The standard InChI is InChI=1S/C14H18N4O/c1-10-3-5-12(17(10)2)14(19)16-11-4-6-13-15-7-8-18(13)9-11/h3,5,7-8,11H,4,6,9H2,1-2H3,(H,16,19). The van der Waals surface area contributed by atoms with Gasteiger partial charge in [-0.3, -0.25) is 4.79 Å². The molecule has 1 N–H and O–H groups in total. The minimum Gasteiger partial charge on any atom is -0.346 e. The molecule has 0 aliphatic carbocycles. The quantitative estimate of drug-likeness (QED) is 0.882. The van der Waals surface area contributed by atoms with Gasteiger partial charge in [0.15, 0.2) is 0 Å². The van der Waals surface area contributed by atoms with Gasteiger partial charge in [0.25, 0.3) is 5.91 Å². The second-order valence-electron chi connectivity index (χ2n) is 5.12. The Morgan fingerprint density at radius 3 is 3.05 bits per heavy atom. The zero-order valence-electron chi connectivity index (χ0n) is 11.3. The maximum atomic E-state index is 12.2. The molecule has 3 rings (SSSR count). The highest BCUT2D eigenvalue weighted by Crippen LogP contribution is 2.14. The molecule has 0 fully saturated rings. The van der Waals surface area contributed by atoms with Crippen LogP contribution in [0.2, 0.25) is 0 Å². The van der Waals surface area contributed by atoms with E-state index in [0.29, 0.717) is 5.69 Å². The third-order valence-corrected chi connectivity index (χ3v) is 3.88. The first-order chi connectivity index (χ1) is 9.15. The maximum Gasteiger partial charge on any atom is 0.268 e. The number of amides is 1. The van der Waals surface area contributed by atoms with Crippen LogP contribution >= 0.6 is 0 Å². The number of nitrogens with one attached hydrogen (secondary N) is 1. The average Bonchev–Trinajstić information content (AvgIpc) is 2.97. The third kappa shape index (κ3) is 2.16. The van der Waals surface area contributed by atoms with Crippen LogP contribution in [0.15, 0.2) is 24.5 Å². The van der Waals surface area contributed by atoms with Crippen LogP contribution in [0, 0.1) is 6.92 Å². The van der Waals surface area contributed by atoms with Gasteiger partial charge in [-0.25, -0.2) is 4.98 Å². The Kier molecular flexibility index (Phi) is 2.89. The predicted octanol–water partition coefficient (Wildman–Crippen LogP) is 1.27. The lowest BCUT2D eigenvalue weighted by Gasteiger charge is -2.24. The van der Waals surface area contributed by atoms with Crippen LogP contribution in [0.5, 0.6) is 0 Å². The largest absolute Gasteiger partial charge is 0.346 e. The molecule has 0 radical (unpaired) electrons. The van der Waals surface area contributed by atoms with Gasteiger partial charge in [-0.15, -0.1) is 0 Å². The number of rotatable bonds is 2. The van der Waals surface area contributed by atoms with E-state index in [1.54, 1.807) is 0 Å². The fourth-order valence-corrected chi connectivity index (χ4v) is 2.58. The van der Waals surface area contributed by atoms with Crippen molar-refractivity contribution in [2.45, 2.75) is 32.4 Å². The summed E-state index contributed by atoms with van der Waals surface area (Å²) in [7, 11) is 1.92. The second-order valence-corrected chi connectivity index (χ2v) is 5.12. The number of aryl methyl sites for hydroxylation is 2. The molecule has 0 saturated heterocycles. The van der Waals surface area contributed by atoms with Crippen LogP contribution in [0.25, 0.3) is 0 Å². The molecule has 5 heteroatoms. The van der Waals surface area contributed by atoms with Crippen molar-refractivity contribution in [1.29, 1.82) is 0 Å². The van der Waals surface area contributed by atoms with Crippen molar-refractivity contribution in [3.63, 3.8) is 0 Å². The van der Waals surface area contributed by atoms with E-state index in [0.717, 1.165) is 30.9 Å². The van der Waals surface area contributed by atoms with Gasteiger partial charge in [0, 0.05) is 44.1 Å². The van der Waals surface area contributed by atoms with E-state index in [4.69, 9.17) is 0 Å². The van der Waals surface area contributed by atoms with Crippen LogP contribution in [-0.4, -0.2) is 26.1 Å². The minimum atomic E-state index is 0.00386. The Hall–Kier alpha value is -2.04. The number of imidazole rings is 1. The molecule has 100 valence electrons. The molecule has 2 aromatic rings. The number of fused-ring (bicyclic) bond motifs is 1. The first-order valence-electron chi connectivity index (χ1n) is 6.58. The fourth-order valence-electron chi connectivity index (χ4n) is 2.58. The first-order valence-corrected chi connectivity index (χ1v) is 6.58. The van der Waals surface area contributed by atoms with Crippen LogP contribution in [0.1, 0.15) is 28.4 Å². The fraction of sp³-hybridized carbons (Fsp3) is 0.429.